The van der Waals surface area contributed by atoms with E-state index in [1.165, 1.54) is 0 Å². The van der Waals surface area contributed by atoms with E-state index in [2.05, 4.69) is 54.7 Å². The number of halogens is 3. The minimum Gasteiger partial charge on any atom is -0.462 e. The molecule has 15 heavy (non-hydrogen) atoms. The molecule has 90 valence electrons. The topological polar surface area (TPSA) is 26.3 Å². The molecule has 0 N–H and O–H groups in total. The Kier molecular flexibility index (Phi) is 8.56. The molecule has 1 unspecified atom stereocenters. The van der Waals surface area contributed by atoms with Crippen LogP contribution in [0.4, 0.5) is 0 Å². The molecule has 1 atom stereocenters. The molecule has 0 radical (unpaired) electrons. The summed E-state index contributed by atoms with van der Waals surface area (Å²) >= 11 is 9.86. The maximum Gasteiger partial charge on any atom is 0.309 e. The maximum absolute atomic E-state index is 11.6. The second-order valence-electron chi connectivity index (χ2n) is 3.47. The van der Waals surface area contributed by atoms with E-state index in [-0.39, 0.29) is 18.5 Å². The number of hydrogen-bond acceptors (Lipinski definition) is 2. The number of ether oxygens (including phenoxy) is 1. The van der Waals surface area contributed by atoms with Gasteiger partial charge < -0.3 is 4.74 Å². The molecule has 0 aromatic heterocycles. The summed E-state index contributed by atoms with van der Waals surface area (Å²) in [6.07, 6.45) is 3.96. The van der Waals surface area contributed by atoms with Crippen molar-refractivity contribution in [2.75, 3.05) is 6.61 Å². The molecule has 0 amide bonds. The molecule has 0 aromatic carbocycles. The maximum atomic E-state index is 11.6. The summed E-state index contributed by atoms with van der Waals surface area (Å²) < 4.78 is 4.68. The number of carbonyl (C=O) groups is 1. The van der Waals surface area contributed by atoms with Crippen LogP contribution in [0.1, 0.15) is 39.5 Å². The largest absolute Gasteiger partial charge is 0.462 e. The fourth-order valence-electron chi connectivity index (χ4n) is 1.21. The summed E-state index contributed by atoms with van der Waals surface area (Å²) in [5, 5.41) is 0. The van der Waals surface area contributed by atoms with Gasteiger partial charge in [-0.15, -0.1) is 0 Å². The van der Waals surface area contributed by atoms with Crippen LogP contribution in [-0.2, 0) is 9.53 Å². The van der Waals surface area contributed by atoms with Gasteiger partial charge in [0, 0.05) is 0 Å². The third kappa shape index (κ3) is 8.69. The quantitative estimate of drug-likeness (QED) is 0.474. The van der Waals surface area contributed by atoms with E-state index in [1.54, 1.807) is 0 Å². The van der Waals surface area contributed by atoms with Gasteiger partial charge in [-0.05, 0) is 12.8 Å². The van der Waals surface area contributed by atoms with E-state index >= 15 is 0 Å². The number of unbranched alkanes of at least 4 members (excludes halogenated alkanes) is 1. The smallest absolute Gasteiger partial charge is 0.309 e. The van der Waals surface area contributed by atoms with Crippen molar-refractivity contribution in [1.29, 1.82) is 0 Å². The van der Waals surface area contributed by atoms with Crippen molar-refractivity contribution in [3.05, 3.63) is 0 Å². The minimum atomic E-state index is -0.494. The standard InChI is InChI=1S/C10H17Br3O2/c1-3-5-6-8(4-2)9(14)15-7-10(11,12)13/h8H,3-7H2,1-2H3. The molecule has 0 aromatic rings. The molecule has 0 saturated heterocycles. The van der Waals surface area contributed by atoms with Gasteiger partial charge in [-0.1, -0.05) is 74.5 Å². The van der Waals surface area contributed by atoms with Crippen molar-refractivity contribution in [3.63, 3.8) is 0 Å². The first-order valence-corrected chi connectivity index (χ1v) is 7.52. The Hall–Kier alpha value is 0.910. The molecule has 0 heterocycles. The normalized spacial score (nSPS) is 13.7. The van der Waals surface area contributed by atoms with Crippen LogP contribution in [0.25, 0.3) is 0 Å². The second-order valence-corrected chi connectivity index (χ2v) is 10.7. The fourth-order valence-corrected chi connectivity index (χ4v) is 1.55. The van der Waals surface area contributed by atoms with E-state index in [0.717, 1.165) is 25.7 Å². The van der Waals surface area contributed by atoms with Crippen LogP contribution in [0.15, 0.2) is 0 Å². The Bertz CT molecular complexity index is 190. The summed E-state index contributed by atoms with van der Waals surface area (Å²) in [6.45, 7) is 4.41. The fraction of sp³-hybridized carbons (Fsp3) is 0.900. The van der Waals surface area contributed by atoms with Gasteiger partial charge in [0.25, 0.3) is 0 Å². The van der Waals surface area contributed by atoms with Gasteiger partial charge in [0.2, 0.25) is 0 Å². The molecule has 0 fully saturated rings. The second kappa shape index (κ2) is 8.07. The molecule has 0 rings (SSSR count). The van der Waals surface area contributed by atoms with Crippen LogP contribution in [0.2, 0.25) is 0 Å². The predicted molar refractivity (Wildman–Crippen MR) is 73.8 cm³/mol. The number of rotatable bonds is 6. The van der Waals surface area contributed by atoms with Crippen molar-refractivity contribution < 1.29 is 9.53 Å². The van der Waals surface area contributed by atoms with Gasteiger partial charge in [-0.3, -0.25) is 4.79 Å². The molecular formula is C10H17Br3O2. The summed E-state index contributed by atoms with van der Waals surface area (Å²) in [7, 11) is 0. The van der Waals surface area contributed by atoms with Crippen LogP contribution >= 0.6 is 47.8 Å². The van der Waals surface area contributed by atoms with Gasteiger partial charge in [-0.25, -0.2) is 0 Å². The predicted octanol–water partition coefficient (Wildman–Crippen LogP) is 4.58. The number of alkyl halides is 3. The van der Waals surface area contributed by atoms with Gasteiger partial charge in [-0.2, -0.15) is 0 Å². The van der Waals surface area contributed by atoms with E-state index in [9.17, 15) is 4.79 Å². The Morgan fingerprint density at radius 1 is 1.33 bits per heavy atom. The summed E-state index contributed by atoms with van der Waals surface area (Å²) in [5.41, 5.74) is 0. The highest BCUT2D eigenvalue weighted by Crippen LogP contribution is 2.33. The first kappa shape index (κ1) is 15.9. The van der Waals surface area contributed by atoms with Gasteiger partial charge in [0.1, 0.15) is 6.61 Å². The lowest BCUT2D eigenvalue weighted by Crippen LogP contribution is -2.22. The monoisotopic (exact) mass is 406 g/mol. The Morgan fingerprint density at radius 3 is 2.33 bits per heavy atom. The molecule has 0 aliphatic carbocycles. The molecule has 0 spiro atoms. The highest BCUT2D eigenvalue weighted by molar-refractivity contribution is 9.39. The molecule has 2 nitrogen and oxygen atoms in total. The molecule has 0 saturated carbocycles. The highest BCUT2D eigenvalue weighted by Gasteiger charge is 2.23. The third-order valence-electron chi connectivity index (χ3n) is 2.11. The van der Waals surface area contributed by atoms with Crippen molar-refractivity contribution >= 4 is 53.8 Å². The Balaban J connectivity index is 3.94. The van der Waals surface area contributed by atoms with Crippen LogP contribution in [-0.4, -0.2) is 14.7 Å². The average molecular weight is 409 g/mol. The zero-order chi connectivity index (χ0) is 11.9. The van der Waals surface area contributed by atoms with E-state index in [1.807, 2.05) is 6.92 Å². The van der Waals surface area contributed by atoms with Crippen LogP contribution < -0.4 is 0 Å². The zero-order valence-corrected chi connectivity index (χ0v) is 13.8. The van der Waals surface area contributed by atoms with Crippen molar-refractivity contribution in [2.45, 2.75) is 41.7 Å². The SMILES string of the molecule is CCCCC(CC)C(=O)OCC(Br)(Br)Br. The molecule has 5 heteroatoms. The average Bonchev–Trinajstić information content (AvgIpc) is 2.15. The van der Waals surface area contributed by atoms with Crippen molar-refractivity contribution in [1.82, 2.24) is 0 Å². The van der Waals surface area contributed by atoms with Crippen molar-refractivity contribution in [2.24, 2.45) is 5.92 Å². The summed E-state index contributed by atoms with van der Waals surface area (Å²) in [6, 6.07) is 0. The Labute approximate surface area is 117 Å². The first-order chi connectivity index (χ1) is 6.90. The number of hydrogen-bond donors (Lipinski definition) is 0. The zero-order valence-electron chi connectivity index (χ0n) is 9.06. The van der Waals surface area contributed by atoms with Gasteiger partial charge in [0.15, 0.2) is 2.14 Å². The minimum absolute atomic E-state index is 0.0415. The van der Waals surface area contributed by atoms with Gasteiger partial charge in [0.05, 0.1) is 5.92 Å². The van der Waals surface area contributed by atoms with Crippen molar-refractivity contribution in [3.8, 4) is 0 Å². The molecular weight excluding hydrogens is 392 g/mol. The van der Waals surface area contributed by atoms with Crippen LogP contribution in [0, 0.1) is 5.92 Å². The highest BCUT2D eigenvalue weighted by atomic mass is 80.0. The molecule has 0 aliphatic rings. The van der Waals surface area contributed by atoms with E-state index in [0.29, 0.717) is 0 Å². The van der Waals surface area contributed by atoms with Gasteiger partial charge >= 0.3 is 5.97 Å². The third-order valence-corrected chi connectivity index (χ3v) is 2.80. The van der Waals surface area contributed by atoms with Crippen LogP contribution in [0.5, 0.6) is 0 Å². The summed E-state index contributed by atoms with van der Waals surface area (Å²) in [4.78, 5) is 11.6. The lowest BCUT2D eigenvalue weighted by atomic mass is 10.00. The number of carbonyl (C=O) groups excluding carboxylic acids is 1. The molecule has 0 bridgehead atoms. The van der Waals surface area contributed by atoms with Crippen LogP contribution in [0.3, 0.4) is 0 Å². The number of esters is 1. The lowest BCUT2D eigenvalue weighted by molar-refractivity contribution is -0.148. The molecule has 0 aliphatic heterocycles. The van der Waals surface area contributed by atoms with E-state index < -0.39 is 2.14 Å². The first-order valence-electron chi connectivity index (χ1n) is 5.14. The Morgan fingerprint density at radius 2 is 1.93 bits per heavy atom. The lowest BCUT2D eigenvalue weighted by Gasteiger charge is -2.17. The summed E-state index contributed by atoms with van der Waals surface area (Å²) in [5.74, 6) is -0.0616. The van der Waals surface area contributed by atoms with E-state index in [4.69, 9.17) is 4.74 Å².